The average Bonchev–Trinajstić information content (AvgIpc) is 3.08. The number of carbonyl (C=O) groups is 3. The predicted octanol–water partition coefficient (Wildman–Crippen LogP) is 0.124. The SMILES string of the molecule is Cc1cnn(C[C@@H]2CCCCN2C(=O)CN2C(=O)CNC2=O)c1. The number of aryl methyl sites for hydroxylation is 1. The lowest BCUT2D eigenvalue weighted by Gasteiger charge is -2.36. The minimum Gasteiger partial charge on any atom is -0.336 e. The van der Waals surface area contributed by atoms with Crippen molar-refractivity contribution < 1.29 is 14.4 Å². The second-order valence-electron chi connectivity index (χ2n) is 6.12. The molecule has 0 bridgehead atoms. The van der Waals surface area contributed by atoms with Crippen molar-refractivity contribution in [1.29, 1.82) is 0 Å². The number of hydrogen-bond acceptors (Lipinski definition) is 4. The van der Waals surface area contributed by atoms with Crippen LogP contribution in [0.1, 0.15) is 24.8 Å². The van der Waals surface area contributed by atoms with Crippen molar-refractivity contribution in [2.24, 2.45) is 0 Å². The number of hydrogen-bond donors (Lipinski definition) is 1. The first kappa shape index (κ1) is 15.5. The molecule has 2 fully saturated rings. The van der Waals surface area contributed by atoms with E-state index in [0.717, 1.165) is 29.7 Å². The Morgan fingerprint density at radius 2 is 2.22 bits per heavy atom. The van der Waals surface area contributed by atoms with E-state index in [-0.39, 0.29) is 30.9 Å². The molecule has 23 heavy (non-hydrogen) atoms. The van der Waals surface area contributed by atoms with Gasteiger partial charge in [0.15, 0.2) is 0 Å². The van der Waals surface area contributed by atoms with Crippen LogP contribution in [0.4, 0.5) is 4.79 Å². The Balaban J connectivity index is 1.66. The summed E-state index contributed by atoms with van der Waals surface area (Å²) in [5.41, 5.74) is 1.08. The van der Waals surface area contributed by atoms with E-state index in [9.17, 15) is 14.4 Å². The summed E-state index contributed by atoms with van der Waals surface area (Å²) in [6, 6.07) is -0.434. The number of amides is 4. The number of rotatable bonds is 4. The summed E-state index contributed by atoms with van der Waals surface area (Å²) in [5.74, 6) is -0.524. The van der Waals surface area contributed by atoms with Gasteiger partial charge in [0.25, 0.3) is 5.91 Å². The lowest BCUT2D eigenvalue weighted by atomic mass is 10.0. The first-order chi connectivity index (χ1) is 11.0. The average molecular weight is 319 g/mol. The van der Waals surface area contributed by atoms with Crippen LogP contribution in [-0.2, 0) is 16.1 Å². The van der Waals surface area contributed by atoms with Crippen LogP contribution in [0.3, 0.4) is 0 Å². The summed E-state index contributed by atoms with van der Waals surface area (Å²) < 4.78 is 1.85. The molecule has 0 unspecified atom stereocenters. The molecule has 1 N–H and O–H groups in total. The van der Waals surface area contributed by atoms with Gasteiger partial charge >= 0.3 is 6.03 Å². The fraction of sp³-hybridized carbons (Fsp3) is 0.600. The Labute approximate surface area is 134 Å². The van der Waals surface area contributed by atoms with E-state index in [1.165, 1.54) is 0 Å². The first-order valence-corrected chi connectivity index (χ1v) is 7.91. The fourth-order valence-electron chi connectivity index (χ4n) is 3.14. The van der Waals surface area contributed by atoms with Gasteiger partial charge in [-0.1, -0.05) is 0 Å². The van der Waals surface area contributed by atoms with Gasteiger partial charge in [0.2, 0.25) is 5.91 Å². The summed E-state index contributed by atoms with van der Waals surface area (Å²) >= 11 is 0. The zero-order valence-electron chi connectivity index (χ0n) is 13.2. The Morgan fingerprint density at radius 1 is 1.39 bits per heavy atom. The molecule has 8 nitrogen and oxygen atoms in total. The molecule has 0 aromatic carbocycles. The van der Waals surface area contributed by atoms with Crippen molar-refractivity contribution in [2.75, 3.05) is 19.6 Å². The number of nitrogens with one attached hydrogen (secondary N) is 1. The van der Waals surface area contributed by atoms with Gasteiger partial charge in [-0.05, 0) is 31.7 Å². The van der Waals surface area contributed by atoms with Gasteiger partial charge in [0.05, 0.1) is 25.3 Å². The molecular weight excluding hydrogens is 298 g/mol. The molecule has 3 rings (SSSR count). The molecule has 0 saturated carbocycles. The maximum absolute atomic E-state index is 12.6. The van der Waals surface area contributed by atoms with Crippen LogP contribution in [0.2, 0.25) is 0 Å². The van der Waals surface area contributed by atoms with Crippen LogP contribution in [0, 0.1) is 6.92 Å². The van der Waals surface area contributed by atoms with Gasteiger partial charge < -0.3 is 10.2 Å². The maximum Gasteiger partial charge on any atom is 0.325 e. The second kappa shape index (κ2) is 6.39. The Hall–Kier alpha value is -2.38. The summed E-state index contributed by atoms with van der Waals surface area (Å²) in [4.78, 5) is 38.6. The summed E-state index contributed by atoms with van der Waals surface area (Å²) in [5, 5.41) is 6.72. The zero-order valence-corrected chi connectivity index (χ0v) is 13.2. The molecular formula is C15H21N5O3. The van der Waals surface area contributed by atoms with Gasteiger partial charge in [-0.25, -0.2) is 4.79 Å². The molecule has 1 aromatic rings. The zero-order chi connectivity index (χ0) is 16.4. The first-order valence-electron chi connectivity index (χ1n) is 7.91. The van der Waals surface area contributed by atoms with Crippen LogP contribution in [-0.4, -0.2) is 63.1 Å². The van der Waals surface area contributed by atoms with Crippen LogP contribution >= 0.6 is 0 Å². The van der Waals surface area contributed by atoms with E-state index in [1.807, 2.05) is 17.8 Å². The second-order valence-corrected chi connectivity index (χ2v) is 6.12. The highest BCUT2D eigenvalue weighted by molar-refractivity contribution is 6.04. The molecule has 2 aliphatic heterocycles. The van der Waals surface area contributed by atoms with Crippen LogP contribution in [0.5, 0.6) is 0 Å². The van der Waals surface area contributed by atoms with Gasteiger partial charge in [-0.3, -0.25) is 19.2 Å². The topological polar surface area (TPSA) is 87.5 Å². The van der Waals surface area contributed by atoms with E-state index >= 15 is 0 Å². The van der Waals surface area contributed by atoms with Crippen molar-refractivity contribution in [3.05, 3.63) is 18.0 Å². The van der Waals surface area contributed by atoms with Gasteiger partial charge in [-0.15, -0.1) is 0 Å². The molecule has 2 aliphatic rings. The largest absolute Gasteiger partial charge is 0.336 e. The van der Waals surface area contributed by atoms with Crippen molar-refractivity contribution in [1.82, 2.24) is 24.9 Å². The summed E-state index contributed by atoms with van der Waals surface area (Å²) in [6.07, 6.45) is 6.67. The molecule has 1 atom stereocenters. The predicted molar refractivity (Wildman–Crippen MR) is 81.4 cm³/mol. The quantitative estimate of drug-likeness (QED) is 0.799. The lowest BCUT2D eigenvalue weighted by Crippen LogP contribution is -2.50. The number of nitrogens with zero attached hydrogens (tertiary/aromatic N) is 4. The number of imide groups is 1. The molecule has 2 saturated heterocycles. The normalized spacial score (nSPS) is 21.7. The van der Waals surface area contributed by atoms with E-state index in [4.69, 9.17) is 0 Å². The number of urea groups is 1. The molecule has 1 aromatic heterocycles. The highest BCUT2D eigenvalue weighted by Gasteiger charge is 2.34. The Morgan fingerprint density at radius 3 is 2.87 bits per heavy atom. The summed E-state index contributed by atoms with van der Waals surface area (Å²) in [7, 11) is 0. The van der Waals surface area contributed by atoms with E-state index < -0.39 is 6.03 Å². The van der Waals surface area contributed by atoms with E-state index in [1.54, 1.807) is 11.1 Å². The van der Waals surface area contributed by atoms with Gasteiger partial charge in [0, 0.05) is 12.7 Å². The highest BCUT2D eigenvalue weighted by Crippen LogP contribution is 2.19. The summed E-state index contributed by atoms with van der Waals surface area (Å²) in [6.45, 7) is 3.07. The molecule has 0 spiro atoms. The third-order valence-electron chi connectivity index (χ3n) is 4.34. The highest BCUT2D eigenvalue weighted by atomic mass is 16.2. The molecule has 0 radical (unpaired) electrons. The van der Waals surface area contributed by atoms with Crippen LogP contribution in [0.25, 0.3) is 0 Å². The van der Waals surface area contributed by atoms with E-state index in [0.29, 0.717) is 13.1 Å². The van der Waals surface area contributed by atoms with Crippen molar-refractivity contribution in [2.45, 2.75) is 38.8 Å². The lowest BCUT2D eigenvalue weighted by molar-refractivity contribution is -0.139. The van der Waals surface area contributed by atoms with Crippen LogP contribution in [0.15, 0.2) is 12.4 Å². The van der Waals surface area contributed by atoms with Crippen molar-refractivity contribution in [3.63, 3.8) is 0 Å². The molecule has 8 heteroatoms. The van der Waals surface area contributed by atoms with Crippen molar-refractivity contribution >= 4 is 17.8 Å². The smallest absolute Gasteiger partial charge is 0.325 e. The van der Waals surface area contributed by atoms with Crippen LogP contribution < -0.4 is 5.32 Å². The number of carbonyl (C=O) groups excluding carboxylic acids is 3. The molecule has 3 heterocycles. The minimum atomic E-state index is -0.486. The molecule has 124 valence electrons. The maximum atomic E-state index is 12.6. The van der Waals surface area contributed by atoms with Gasteiger partial charge in [-0.2, -0.15) is 5.10 Å². The molecule has 0 aliphatic carbocycles. The molecule has 4 amide bonds. The third kappa shape index (κ3) is 3.35. The third-order valence-corrected chi connectivity index (χ3v) is 4.34. The van der Waals surface area contributed by atoms with Crippen molar-refractivity contribution in [3.8, 4) is 0 Å². The number of likely N-dealkylation sites (tertiary alicyclic amines) is 1. The van der Waals surface area contributed by atoms with E-state index in [2.05, 4.69) is 10.4 Å². The Bertz CT molecular complexity index is 610. The number of piperidine rings is 1. The monoisotopic (exact) mass is 319 g/mol. The Kier molecular flexibility index (Phi) is 4.31. The standard InChI is InChI=1S/C15H21N5O3/c1-11-6-17-18(8-11)9-12-4-2-3-5-19(12)14(22)10-20-13(21)7-16-15(20)23/h6,8,12H,2-5,7,9-10H2,1H3,(H,16,23)/t12-/m0/s1. The number of aromatic nitrogens is 2. The minimum absolute atomic E-state index is 0.0257. The fourth-order valence-corrected chi connectivity index (χ4v) is 3.14. The van der Waals surface area contributed by atoms with Gasteiger partial charge in [0.1, 0.15) is 6.54 Å².